The zero-order valence-corrected chi connectivity index (χ0v) is 10.6. The standard InChI is InChI=1S/C13H17NO4/c1-8(12(15)14-9(2)13(16)17)10-6-4-5-7-11(10)18-3/h4-9H,1-3H3,(H,14,15)(H,16,17)/t8?,9-/m0/s1. The third-order valence-electron chi connectivity index (χ3n) is 2.73. The van der Waals surface area contributed by atoms with Gasteiger partial charge >= 0.3 is 5.97 Å². The Balaban J connectivity index is 2.83. The summed E-state index contributed by atoms with van der Waals surface area (Å²) in [7, 11) is 1.53. The van der Waals surface area contributed by atoms with E-state index in [1.807, 2.05) is 12.1 Å². The number of rotatable bonds is 5. The molecule has 0 spiro atoms. The fourth-order valence-corrected chi connectivity index (χ4v) is 1.57. The van der Waals surface area contributed by atoms with Crippen LogP contribution in [0.2, 0.25) is 0 Å². The molecule has 2 atom stereocenters. The molecule has 5 heteroatoms. The van der Waals surface area contributed by atoms with Gasteiger partial charge in [-0.1, -0.05) is 18.2 Å². The lowest BCUT2D eigenvalue weighted by Gasteiger charge is -2.17. The summed E-state index contributed by atoms with van der Waals surface area (Å²) in [6.45, 7) is 3.14. The van der Waals surface area contributed by atoms with Crippen molar-refractivity contribution in [2.45, 2.75) is 25.8 Å². The van der Waals surface area contributed by atoms with Gasteiger partial charge in [0.05, 0.1) is 13.0 Å². The van der Waals surface area contributed by atoms with Gasteiger partial charge in [0, 0.05) is 5.56 Å². The highest BCUT2D eigenvalue weighted by atomic mass is 16.5. The number of aliphatic carboxylic acids is 1. The van der Waals surface area contributed by atoms with Crippen LogP contribution in [0.1, 0.15) is 25.3 Å². The number of ether oxygens (including phenoxy) is 1. The number of nitrogens with one attached hydrogen (secondary N) is 1. The van der Waals surface area contributed by atoms with Crippen LogP contribution in [-0.4, -0.2) is 30.1 Å². The van der Waals surface area contributed by atoms with Crippen LogP contribution in [0.5, 0.6) is 5.75 Å². The van der Waals surface area contributed by atoms with Crippen LogP contribution in [0.15, 0.2) is 24.3 Å². The van der Waals surface area contributed by atoms with E-state index in [1.165, 1.54) is 14.0 Å². The van der Waals surface area contributed by atoms with Crippen molar-refractivity contribution in [3.05, 3.63) is 29.8 Å². The van der Waals surface area contributed by atoms with Crippen molar-refractivity contribution in [2.75, 3.05) is 7.11 Å². The fourth-order valence-electron chi connectivity index (χ4n) is 1.57. The Bertz CT molecular complexity index is 444. The Morgan fingerprint density at radius 2 is 1.89 bits per heavy atom. The summed E-state index contributed by atoms with van der Waals surface area (Å²) in [5.74, 6) is -1.25. The fraction of sp³-hybridized carbons (Fsp3) is 0.385. The van der Waals surface area contributed by atoms with Crippen molar-refractivity contribution in [1.82, 2.24) is 5.32 Å². The topological polar surface area (TPSA) is 75.6 Å². The second kappa shape index (κ2) is 6.05. The number of carbonyl (C=O) groups excluding carboxylic acids is 1. The molecule has 1 aromatic rings. The zero-order valence-electron chi connectivity index (χ0n) is 10.6. The summed E-state index contributed by atoms with van der Waals surface area (Å²) in [5.41, 5.74) is 0.732. The Labute approximate surface area is 106 Å². The van der Waals surface area contributed by atoms with Crippen molar-refractivity contribution >= 4 is 11.9 Å². The van der Waals surface area contributed by atoms with Gasteiger partial charge < -0.3 is 15.2 Å². The molecule has 5 nitrogen and oxygen atoms in total. The Morgan fingerprint density at radius 3 is 2.44 bits per heavy atom. The number of amides is 1. The summed E-state index contributed by atoms with van der Waals surface area (Å²) in [6, 6.07) is 6.26. The third-order valence-corrected chi connectivity index (χ3v) is 2.73. The van der Waals surface area contributed by atoms with E-state index in [4.69, 9.17) is 9.84 Å². The van der Waals surface area contributed by atoms with E-state index in [1.54, 1.807) is 19.1 Å². The molecule has 0 heterocycles. The predicted molar refractivity (Wildman–Crippen MR) is 66.6 cm³/mol. The molecule has 1 aromatic carbocycles. The first-order valence-electron chi connectivity index (χ1n) is 5.63. The number of para-hydroxylation sites is 1. The lowest BCUT2D eigenvalue weighted by Crippen LogP contribution is -2.40. The minimum atomic E-state index is -1.06. The van der Waals surface area contributed by atoms with Crippen molar-refractivity contribution in [1.29, 1.82) is 0 Å². The highest BCUT2D eigenvalue weighted by Crippen LogP contribution is 2.26. The third kappa shape index (κ3) is 3.23. The first-order chi connectivity index (χ1) is 8.47. The Hall–Kier alpha value is -2.04. The van der Waals surface area contributed by atoms with Gasteiger partial charge in [-0.05, 0) is 19.9 Å². The molecule has 2 N–H and O–H groups in total. The first-order valence-corrected chi connectivity index (χ1v) is 5.63. The normalized spacial score (nSPS) is 13.5. The highest BCUT2D eigenvalue weighted by molar-refractivity contribution is 5.88. The van der Waals surface area contributed by atoms with Gasteiger partial charge in [-0.2, -0.15) is 0 Å². The molecular weight excluding hydrogens is 234 g/mol. The molecule has 0 bridgehead atoms. The van der Waals surface area contributed by atoms with Gasteiger partial charge in [-0.25, -0.2) is 0 Å². The van der Waals surface area contributed by atoms with Gasteiger partial charge in [0.2, 0.25) is 5.91 Å². The lowest BCUT2D eigenvalue weighted by molar-refractivity contribution is -0.141. The van der Waals surface area contributed by atoms with Crippen LogP contribution in [0.3, 0.4) is 0 Å². The highest BCUT2D eigenvalue weighted by Gasteiger charge is 2.22. The number of carbonyl (C=O) groups is 2. The first kappa shape index (κ1) is 14.0. The second-order valence-electron chi connectivity index (χ2n) is 4.03. The van der Waals surface area contributed by atoms with Gasteiger partial charge in [0.25, 0.3) is 0 Å². The van der Waals surface area contributed by atoms with Crippen molar-refractivity contribution in [3.8, 4) is 5.75 Å². The number of benzene rings is 1. The molecule has 0 saturated heterocycles. The Morgan fingerprint density at radius 1 is 1.28 bits per heavy atom. The van der Waals surface area contributed by atoms with Crippen LogP contribution in [0.25, 0.3) is 0 Å². The van der Waals surface area contributed by atoms with Crippen LogP contribution < -0.4 is 10.1 Å². The summed E-state index contributed by atoms with van der Waals surface area (Å²) in [5, 5.41) is 11.2. The maximum Gasteiger partial charge on any atom is 0.325 e. The average Bonchev–Trinajstić information content (AvgIpc) is 2.37. The maximum atomic E-state index is 11.9. The molecule has 0 aliphatic carbocycles. The van der Waals surface area contributed by atoms with E-state index in [9.17, 15) is 9.59 Å². The number of carboxylic acid groups (broad SMARTS) is 1. The van der Waals surface area contributed by atoms with E-state index in [0.717, 1.165) is 5.56 Å². The average molecular weight is 251 g/mol. The largest absolute Gasteiger partial charge is 0.496 e. The number of carboxylic acids is 1. The molecule has 0 saturated carbocycles. The second-order valence-corrected chi connectivity index (χ2v) is 4.03. The quantitative estimate of drug-likeness (QED) is 0.829. The van der Waals surface area contributed by atoms with E-state index < -0.39 is 17.9 Å². The summed E-state index contributed by atoms with van der Waals surface area (Å²) in [6.07, 6.45) is 0. The van der Waals surface area contributed by atoms with Crippen LogP contribution >= 0.6 is 0 Å². The molecular formula is C13H17NO4. The van der Waals surface area contributed by atoms with E-state index in [2.05, 4.69) is 5.32 Å². The molecule has 0 aliphatic rings. The van der Waals surface area contributed by atoms with Crippen molar-refractivity contribution in [2.24, 2.45) is 0 Å². The summed E-state index contributed by atoms with van der Waals surface area (Å²) < 4.78 is 5.17. The predicted octanol–water partition coefficient (Wildman–Crippen LogP) is 1.39. The molecule has 0 aromatic heterocycles. The van der Waals surface area contributed by atoms with Crippen LogP contribution in [-0.2, 0) is 9.59 Å². The molecule has 18 heavy (non-hydrogen) atoms. The van der Waals surface area contributed by atoms with Gasteiger partial charge in [0.1, 0.15) is 11.8 Å². The minimum absolute atomic E-state index is 0.339. The maximum absolute atomic E-state index is 11.9. The Kier molecular flexibility index (Phi) is 4.71. The molecule has 0 aliphatic heterocycles. The van der Waals surface area contributed by atoms with Crippen molar-refractivity contribution < 1.29 is 19.4 Å². The van der Waals surface area contributed by atoms with E-state index in [0.29, 0.717) is 5.75 Å². The SMILES string of the molecule is COc1ccccc1C(C)C(=O)N[C@@H](C)C(=O)O. The molecule has 98 valence electrons. The lowest BCUT2D eigenvalue weighted by atomic mass is 9.99. The van der Waals surface area contributed by atoms with Crippen LogP contribution in [0.4, 0.5) is 0 Å². The minimum Gasteiger partial charge on any atom is -0.496 e. The van der Waals surface area contributed by atoms with Gasteiger partial charge in [0.15, 0.2) is 0 Å². The van der Waals surface area contributed by atoms with E-state index in [-0.39, 0.29) is 5.91 Å². The van der Waals surface area contributed by atoms with Gasteiger partial charge in [-0.3, -0.25) is 9.59 Å². The number of hydrogen-bond donors (Lipinski definition) is 2. The smallest absolute Gasteiger partial charge is 0.325 e. The van der Waals surface area contributed by atoms with Crippen LogP contribution in [0, 0.1) is 0 Å². The summed E-state index contributed by atoms with van der Waals surface area (Å²) >= 11 is 0. The molecule has 1 amide bonds. The number of hydrogen-bond acceptors (Lipinski definition) is 3. The molecule has 0 radical (unpaired) electrons. The summed E-state index contributed by atoms with van der Waals surface area (Å²) in [4.78, 5) is 22.6. The molecule has 0 fully saturated rings. The molecule has 1 rings (SSSR count). The molecule has 1 unspecified atom stereocenters. The van der Waals surface area contributed by atoms with Gasteiger partial charge in [-0.15, -0.1) is 0 Å². The van der Waals surface area contributed by atoms with E-state index >= 15 is 0 Å². The zero-order chi connectivity index (χ0) is 13.7. The number of methoxy groups -OCH3 is 1. The monoisotopic (exact) mass is 251 g/mol. The van der Waals surface area contributed by atoms with Crippen molar-refractivity contribution in [3.63, 3.8) is 0 Å².